The number of rotatable bonds is 7. The highest BCUT2D eigenvalue weighted by molar-refractivity contribution is 5.96. The van der Waals surface area contributed by atoms with E-state index >= 15 is 0 Å². The van der Waals surface area contributed by atoms with Gasteiger partial charge in [0.05, 0.1) is 6.61 Å². The molecular formula is C16H25ClN2O3. The van der Waals surface area contributed by atoms with Gasteiger partial charge in [-0.15, -0.1) is 12.4 Å². The molecule has 22 heavy (non-hydrogen) atoms. The van der Waals surface area contributed by atoms with Crippen LogP contribution in [-0.4, -0.2) is 36.5 Å². The number of nitrogens with two attached hydrogens (primary N) is 1. The Hall–Kier alpha value is -1.59. The molecule has 0 fully saturated rings. The normalized spacial score (nSPS) is 10.0. The molecule has 0 aromatic heterocycles. The number of halogens is 1. The van der Waals surface area contributed by atoms with Crippen LogP contribution in [0.5, 0.6) is 0 Å². The largest absolute Gasteiger partial charge is 0.465 e. The van der Waals surface area contributed by atoms with Crippen molar-refractivity contribution in [1.29, 1.82) is 0 Å². The van der Waals surface area contributed by atoms with Crippen molar-refractivity contribution in [2.45, 2.75) is 27.3 Å². The lowest BCUT2D eigenvalue weighted by Crippen LogP contribution is -2.39. The fraction of sp³-hybridized carbons (Fsp3) is 0.500. The van der Waals surface area contributed by atoms with E-state index < -0.39 is 0 Å². The average Bonchev–Trinajstić information content (AvgIpc) is 2.45. The van der Waals surface area contributed by atoms with Gasteiger partial charge in [0.1, 0.15) is 6.54 Å². The van der Waals surface area contributed by atoms with Crippen LogP contribution >= 0.6 is 12.4 Å². The second kappa shape index (κ2) is 10.2. The second-order valence-corrected chi connectivity index (χ2v) is 5.29. The van der Waals surface area contributed by atoms with Crippen molar-refractivity contribution < 1.29 is 14.3 Å². The number of benzene rings is 1. The van der Waals surface area contributed by atoms with Gasteiger partial charge in [0, 0.05) is 18.7 Å². The quantitative estimate of drug-likeness (QED) is 0.779. The molecule has 2 N–H and O–H groups in total. The third-order valence-corrected chi connectivity index (χ3v) is 2.93. The lowest BCUT2D eigenvalue weighted by Gasteiger charge is -2.23. The molecule has 1 aromatic rings. The van der Waals surface area contributed by atoms with Gasteiger partial charge in [0.2, 0.25) is 0 Å². The summed E-state index contributed by atoms with van der Waals surface area (Å²) in [6.45, 7) is 6.99. The van der Waals surface area contributed by atoms with E-state index in [2.05, 4.69) is 0 Å². The fourth-order valence-electron chi connectivity index (χ4n) is 1.99. The summed E-state index contributed by atoms with van der Waals surface area (Å²) in [7, 11) is 0. The van der Waals surface area contributed by atoms with Crippen LogP contribution in [0.1, 0.15) is 36.7 Å². The van der Waals surface area contributed by atoms with E-state index in [1.807, 2.05) is 26.0 Å². The van der Waals surface area contributed by atoms with Crippen molar-refractivity contribution in [3.8, 4) is 0 Å². The first-order valence-corrected chi connectivity index (χ1v) is 7.21. The van der Waals surface area contributed by atoms with E-state index in [0.717, 1.165) is 5.56 Å². The predicted octanol–water partition coefficient (Wildman–Crippen LogP) is 2.23. The Morgan fingerprint density at radius 2 is 1.82 bits per heavy atom. The molecule has 0 saturated heterocycles. The number of esters is 1. The molecule has 0 saturated carbocycles. The molecule has 0 radical (unpaired) electrons. The molecule has 0 aliphatic carbocycles. The third-order valence-electron chi connectivity index (χ3n) is 2.93. The Morgan fingerprint density at radius 1 is 1.23 bits per heavy atom. The average molecular weight is 329 g/mol. The molecule has 6 heteroatoms. The third kappa shape index (κ3) is 6.45. The summed E-state index contributed by atoms with van der Waals surface area (Å²) in [5.74, 6) is -0.280. The van der Waals surface area contributed by atoms with E-state index in [-0.39, 0.29) is 36.7 Å². The summed E-state index contributed by atoms with van der Waals surface area (Å²) < 4.78 is 4.93. The van der Waals surface area contributed by atoms with Crippen LogP contribution in [0.2, 0.25) is 0 Å². The van der Waals surface area contributed by atoms with Gasteiger partial charge in [0.25, 0.3) is 5.91 Å². The molecule has 1 rings (SSSR count). The summed E-state index contributed by atoms with van der Waals surface area (Å²) in [5, 5.41) is 0. The summed E-state index contributed by atoms with van der Waals surface area (Å²) in [6.07, 6.45) is 0. The molecule has 0 heterocycles. The topological polar surface area (TPSA) is 72.6 Å². The van der Waals surface area contributed by atoms with Crippen molar-refractivity contribution in [3.63, 3.8) is 0 Å². The number of carbonyl (C=O) groups excluding carboxylic acids is 2. The fourth-order valence-corrected chi connectivity index (χ4v) is 1.99. The zero-order chi connectivity index (χ0) is 15.8. The first-order chi connectivity index (χ1) is 9.97. The molecule has 0 bridgehead atoms. The maximum absolute atomic E-state index is 12.5. The number of hydrogen-bond donors (Lipinski definition) is 1. The lowest BCUT2D eigenvalue weighted by atomic mass is 10.1. The van der Waals surface area contributed by atoms with Gasteiger partial charge in [-0.05, 0) is 30.5 Å². The number of hydrogen-bond acceptors (Lipinski definition) is 4. The van der Waals surface area contributed by atoms with Crippen molar-refractivity contribution in [2.75, 3.05) is 19.7 Å². The van der Waals surface area contributed by atoms with Crippen LogP contribution in [0, 0.1) is 5.92 Å². The van der Waals surface area contributed by atoms with Crippen LogP contribution in [0.15, 0.2) is 24.3 Å². The number of nitrogens with zero attached hydrogens (tertiary/aromatic N) is 1. The number of carbonyl (C=O) groups is 2. The molecule has 0 spiro atoms. The first kappa shape index (κ1) is 20.4. The van der Waals surface area contributed by atoms with Crippen molar-refractivity contribution in [2.24, 2.45) is 11.7 Å². The summed E-state index contributed by atoms with van der Waals surface area (Å²) in [6, 6.07) is 7.13. The number of amides is 1. The van der Waals surface area contributed by atoms with E-state index in [1.165, 1.54) is 4.90 Å². The van der Waals surface area contributed by atoms with Gasteiger partial charge in [-0.1, -0.05) is 26.0 Å². The highest BCUT2D eigenvalue weighted by Crippen LogP contribution is 2.10. The second-order valence-electron chi connectivity index (χ2n) is 5.29. The van der Waals surface area contributed by atoms with Crippen LogP contribution in [0.3, 0.4) is 0 Å². The van der Waals surface area contributed by atoms with E-state index in [1.54, 1.807) is 19.1 Å². The van der Waals surface area contributed by atoms with Crippen LogP contribution in [0.25, 0.3) is 0 Å². The van der Waals surface area contributed by atoms with Crippen LogP contribution in [0.4, 0.5) is 0 Å². The first-order valence-electron chi connectivity index (χ1n) is 7.21. The lowest BCUT2D eigenvalue weighted by molar-refractivity contribution is -0.143. The van der Waals surface area contributed by atoms with Gasteiger partial charge in [-0.3, -0.25) is 9.59 Å². The Kier molecular flexibility index (Phi) is 9.45. The monoisotopic (exact) mass is 328 g/mol. The van der Waals surface area contributed by atoms with Crippen molar-refractivity contribution in [3.05, 3.63) is 35.4 Å². The highest BCUT2D eigenvalue weighted by atomic mass is 35.5. The molecule has 0 aliphatic rings. The zero-order valence-electron chi connectivity index (χ0n) is 13.4. The molecule has 1 amide bonds. The number of ether oxygens (including phenoxy) is 1. The molecular weight excluding hydrogens is 304 g/mol. The van der Waals surface area contributed by atoms with Crippen LogP contribution < -0.4 is 5.73 Å². The van der Waals surface area contributed by atoms with Crippen molar-refractivity contribution in [1.82, 2.24) is 4.90 Å². The Balaban J connectivity index is 0.00000441. The minimum Gasteiger partial charge on any atom is -0.465 e. The van der Waals surface area contributed by atoms with E-state index in [4.69, 9.17) is 10.5 Å². The maximum Gasteiger partial charge on any atom is 0.325 e. The van der Waals surface area contributed by atoms with Gasteiger partial charge >= 0.3 is 5.97 Å². The molecule has 0 atom stereocenters. The molecule has 5 nitrogen and oxygen atoms in total. The van der Waals surface area contributed by atoms with Gasteiger partial charge in [-0.2, -0.15) is 0 Å². The van der Waals surface area contributed by atoms with Gasteiger partial charge < -0.3 is 15.4 Å². The maximum atomic E-state index is 12.5. The molecule has 0 aliphatic heterocycles. The molecule has 1 aromatic carbocycles. The predicted molar refractivity (Wildman–Crippen MR) is 89.0 cm³/mol. The Labute approximate surface area is 138 Å². The summed E-state index contributed by atoms with van der Waals surface area (Å²) in [4.78, 5) is 25.7. The highest BCUT2D eigenvalue weighted by Gasteiger charge is 2.20. The summed E-state index contributed by atoms with van der Waals surface area (Å²) >= 11 is 0. The van der Waals surface area contributed by atoms with Crippen LogP contribution in [-0.2, 0) is 16.1 Å². The van der Waals surface area contributed by atoms with E-state index in [0.29, 0.717) is 25.3 Å². The van der Waals surface area contributed by atoms with Gasteiger partial charge in [0.15, 0.2) is 0 Å². The molecule has 0 unspecified atom stereocenters. The SMILES string of the molecule is CCOC(=O)CN(CC(C)C)C(=O)c1ccc(CN)cc1.Cl. The minimum absolute atomic E-state index is 0. The summed E-state index contributed by atoms with van der Waals surface area (Å²) in [5.41, 5.74) is 7.06. The van der Waals surface area contributed by atoms with Crippen molar-refractivity contribution >= 4 is 24.3 Å². The van der Waals surface area contributed by atoms with Gasteiger partial charge in [-0.25, -0.2) is 0 Å². The minimum atomic E-state index is -0.384. The standard InChI is InChI=1S/C16H24N2O3.ClH/c1-4-21-15(19)11-18(10-12(2)3)16(20)14-7-5-13(9-17)6-8-14;/h5-8,12H,4,9-11,17H2,1-3H3;1H. The molecule has 124 valence electrons. The Morgan fingerprint density at radius 3 is 2.27 bits per heavy atom. The Bertz CT molecular complexity index is 475. The zero-order valence-corrected chi connectivity index (χ0v) is 14.2. The smallest absolute Gasteiger partial charge is 0.325 e. The van der Waals surface area contributed by atoms with E-state index in [9.17, 15) is 9.59 Å².